The van der Waals surface area contributed by atoms with Gasteiger partial charge in [-0.3, -0.25) is 0 Å². The molecule has 1 fully saturated rings. The van der Waals surface area contributed by atoms with Gasteiger partial charge in [0, 0.05) is 24.6 Å². The van der Waals surface area contributed by atoms with Gasteiger partial charge in [-0.15, -0.1) is 5.10 Å². The van der Waals surface area contributed by atoms with E-state index < -0.39 is 0 Å². The molecule has 2 heterocycles. The summed E-state index contributed by atoms with van der Waals surface area (Å²) in [5, 5.41) is 16.2. The van der Waals surface area contributed by atoms with Crippen molar-refractivity contribution in [2.24, 2.45) is 0 Å². The van der Waals surface area contributed by atoms with Crippen LogP contribution in [0.4, 0.5) is 5.82 Å². The van der Waals surface area contributed by atoms with Crippen LogP contribution in [0.3, 0.4) is 0 Å². The lowest BCUT2D eigenvalue weighted by molar-refractivity contribution is 0.423. The molecule has 1 saturated carbocycles. The molecular formula is C13H18N6S. The highest BCUT2D eigenvalue weighted by Gasteiger charge is 2.21. The summed E-state index contributed by atoms with van der Waals surface area (Å²) in [6, 6.07) is 4.51. The largest absolute Gasteiger partial charge is 0.373 e. The smallest absolute Gasteiger partial charge is 0.209 e. The molecule has 2 aromatic rings. The van der Waals surface area contributed by atoms with Gasteiger partial charge in [0.05, 0.1) is 6.04 Å². The minimum Gasteiger partial charge on any atom is -0.373 e. The van der Waals surface area contributed by atoms with Crippen LogP contribution in [-0.2, 0) is 5.75 Å². The van der Waals surface area contributed by atoms with E-state index in [2.05, 4.69) is 31.9 Å². The molecule has 0 radical (unpaired) electrons. The summed E-state index contributed by atoms with van der Waals surface area (Å²) in [4.78, 5) is 4.31. The maximum Gasteiger partial charge on any atom is 0.209 e. The van der Waals surface area contributed by atoms with E-state index in [0.29, 0.717) is 6.04 Å². The summed E-state index contributed by atoms with van der Waals surface area (Å²) < 4.78 is 1.99. The number of rotatable bonds is 5. The van der Waals surface area contributed by atoms with Gasteiger partial charge >= 0.3 is 0 Å². The monoisotopic (exact) mass is 290 g/mol. The Morgan fingerprint density at radius 3 is 3.05 bits per heavy atom. The average molecular weight is 290 g/mol. The first kappa shape index (κ1) is 13.4. The van der Waals surface area contributed by atoms with Crippen LogP contribution in [0.25, 0.3) is 0 Å². The Morgan fingerprint density at radius 2 is 2.25 bits per heavy atom. The number of aromatic nitrogens is 5. The fourth-order valence-electron chi connectivity index (χ4n) is 2.58. The molecule has 0 amide bonds. The molecule has 6 nitrogen and oxygen atoms in total. The number of nitrogens with one attached hydrogen (secondary N) is 1. The summed E-state index contributed by atoms with van der Waals surface area (Å²) in [6.07, 6.45) is 6.73. The zero-order chi connectivity index (χ0) is 13.8. The zero-order valence-electron chi connectivity index (χ0n) is 11.5. The first-order valence-electron chi connectivity index (χ1n) is 6.91. The van der Waals surface area contributed by atoms with Crippen LogP contribution in [0.5, 0.6) is 0 Å². The van der Waals surface area contributed by atoms with E-state index in [1.165, 1.54) is 31.2 Å². The van der Waals surface area contributed by atoms with Crippen molar-refractivity contribution >= 4 is 17.6 Å². The minimum atomic E-state index is 0.477. The molecule has 1 aliphatic carbocycles. The lowest BCUT2D eigenvalue weighted by Crippen LogP contribution is -2.08. The van der Waals surface area contributed by atoms with Gasteiger partial charge in [0.15, 0.2) is 0 Å². The summed E-state index contributed by atoms with van der Waals surface area (Å²) >= 11 is 1.67. The third-order valence-electron chi connectivity index (χ3n) is 3.62. The summed E-state index contributed by atoms with van der Waals surface area (Å²) in [7, 11) is 1.89. The maximum atomic E-state index is 4.31. The fraction of sp³-hybridized carbons (Fsp3) is 0.538. The van der Waals surface area contributed by atoms with Crippen LogP contribution in [0.2, 0.25) is 0 Å². The van der Waals surface area contributed by atoms with E-state index in [1.807, 2.05) is 17.8 Å². The van der Waals surface area contributed by atoms with Crippen molar-refractivity contribution in [3.63, 3.8) is 0 Å². The molecule has 3 rings (SSSR count). The number of hydrogen-bond acceptors (Lipinski definition) is 6. The second kappa shape index (κ2) is 6.21. The molecule has 0 aliphatic heterocycles. The van der Waals surface area contributed by atoms with Crippen molar-refractivity contribution in [1.29, 1.82) is 0 Å². The Kier molecular flexibility index (Phi) is 4.15. The second-order valence-corrected chi connectivity index (χ2v) is 5.84. The third kappa shape index (κ3) is 2.77. The molecule has 2 aromatic heterocycles. The molecule has 7 heteroatoms. The van der Waals surface area contributed by atoms with Gasteiger partial charge in [-0.1, -0.05) is 30.7 Å². The molecule has 0 unspecified atom stereocenters. The predicted molar refractivity (Wildman–Crippen MR) is 78.7 cm³/mol. The van der Waals surface area contributed by atoms with Gasteiger partial charge in [0.1, 0.15) is 5.82 Å². The van der Waals surface area contributed by atoms with Gasteiger partial charge < -0.3 is 5.32 Å². The van der Waals surface area contributed by atoms with E-state index in [-0.39, 0.29) is 0 Å². The van der Waals surface area contributed by atoms with E-state index in [1.54, 1.807) is 18.0 Å². The number of pyridine rings is 1. The summed E-state index contributed by atoms with van der Waals surface area (Å²) in [5.74, 6) is 1.73. The SMILES string of the molecule is CNc1ncccc1CSc1nnnn1C1CCCC1. The van der Waals surface area contributed by atoms with Crippen LogP contribution in [0, 0.1) is 0 Å². The van der Waals surface area contributed by atoms with Gasteiger partial charge in [-0.05, 0) is 29.3 Å². The highest BCUT2D eigenvalue weighted by Crippen LogP contribution is 2.32. The van der Waals surface area contributed by atoms with Gasteiger partial charge in [0.2, 0.25) is 5.16 Å². The molecule has 0 spiro atoms. The van der Waals surface area contributed by atoms with Gasteiger partial charge in [-0.25, -0.2) is 9.67 Å². The molecule has 1 N–H and O–H groups in total. The highest BCUT2D eigenvalue weighted by atomic mass is 32.2. The fourth-order valence-corrected chi connectivity index (χ4v) is 3.51. The highest BCUT2D eigenvalue weighted by molar-refractivity contribution is 7.98. The van der Waals surface area contributed by atoms with Crippen molar-refractivity contribution in [3.8, 4) is 0 Å². The van der Waals surface area contributed by atoms with Crippen LogP contribution >= 0.6 is 11.8 Å². The lowest BCUT2D eigenvalue weighted by Gasteiger charge is -2.11. The number of hydrogen-bond donors (Lipinski definition) is 1. The van der Waals surface area contributed by atoms with E-state index in [4.69, 9.17) is 0 Å². The lowest BCUT2D eigenvalue weighted by atomic mass is 10.3. The molecule has 0 aromatic carbocycles. The first-order chi connectivity index (χ1) is 9.88. The molecular weight excluding hydrogens is 272 g/mol. The van der Waals surface area contributed by atoms with Crippen molar-refractivity contribution in [2.45, 2.75) is 42.6 Å². The average Bonchev–Trinajstić information content (AvgIpc) is 3.15. The van der Waals surface area contributed by atoms with Gasteiger partial charge in [-0.2, -0.15) is 0 Å². The summed E-state index contributed by atoms with van der Waals surface area (Å²) in [6.45, 7) is 0. The van der Waals surface area contributed by atoms with Crippen LogP contribution in [0.15, 0.2) is 23.5 Å². The maximum absolute atomic E-state index is 4.31. The second-order valence-electron chi connectivity index (χ2n) is 4.89. The molecule has 20 heavy (non-hydrogen) atoms. The van der Waals surface area contributed by atoms with E-state index in [0.717, 1.165) is 16.7 Å². The van der Waals surface area contributed by atoms with Crippen molar-refractivity contribution in [1.82, 2.24) is 25.2 Å². The number of tetrazole rings is 1. The Bertz CT molecular complexity index is 563. The quantitative estimate of drug-likeness (QED) is 0.853. The standard InChI is InChI=1S/C13H18N6S/c1-14-12-10(5-4-8-15-12)9-20-13-16-17-18-19(13)11-6-2-3-7-11/h4-5,8,11H,2-3,6-7,9H2,1H3,(H,14,15). The Balaban J connectivity index is 1.71. The minimum absolute atomic E-state index is 0.477. The molecule has 1 aliphatic rings. The molecule has 0 atom stereocenters. The molecule has 106 valence electrons. The number of nitrogens with zero attached hydrogens (tertiary/aromatic N) is 5. The van der Waals surface area contributed by atoms with Crippen LogP contribution in [0.1, 0.15) is 37.3 Å². The Morgan fingerprint density at radius 1 is 1.40 bits per heavy atom. The topological polar surface area (TPSA) is 68.5 Å². The zero-order valence-corrected chi connectivity index (χ0v) is 12.3. The summed E-state index contributed by atoms with van der Waals surface area (Å²) in [5.41, 5.74) is 1.17. The van der Waals surface area contributed by atoms with E-state index in [9.17, 15) is 0 Å². The number of anilines is 1. The Hall–Kier alpha value is -1.63. The van der Waals surface area contributed by atoms with Gasteiger partial charge in [0.25, 0.3) is 0 Å². The predicted octanol–water partition coefficient (Wildman–Crippen LogP) is 2.52. The van der Waals surface area contributed by atoms with E-state index >= 15 is 0 Å². The van der Waals surface area contributed by atoms with Crippen molar-refractivity contribution in [3.05, 3.63) is 23.9 Å². The number of thioether (sulfide) groups is 1. The molecule has 0 saturated heterocycles. The van der Waals surface area contributed by atoms with Crippen LogP contribution in [-0.4, -0.2) is 32.2 Å². The normalized spacial score (nSPS) is 15.7. The van der Waals surface area contributed by atoms with Crippen molar-refractivity contribution < 1.29 is 0 Å². The van der Waals surface area contributed by atoms with Crippen LogP contribution < -0.4 is 5.32 Å². The Labute approximate surface area is 122 Å². The molecule has 0 bridgehead atoms. The third-order valence-corrected chi connectivity index (χ3v) is 4.60. The first-order valence-corrected chi connectivity index (χ1v) is 7.89. The van der Waals surface area contributed by atoms with Crippen molar-refractivity contribution in [2.75, 3.05) is 12.4 Å².